The van der Waals surface area contributed by atoms with Crippen molar-refractivity contribution in [3.63, 3.8) is 0 Å². The molecular formula is C32H34FN5O8S. The smallest absolute Gasteiger partial charge is 0.333 e. The van der Waals surface area contributed by atoms with Crippen LogP contribution < -0.4 is 16.0 Å². The van der Waals surface area contributed by atoms with Crippen molar-refractivity contribution in [2.45, 2.75) is 51.7 Å². The van der Waals surface area contributed by atoms with Crippen molar-refractivity contribution in [3.05, 3.63) is 104 Å². The van der Waals surface area contributed by atoms with E-state index < -0.39 is 47.4 Å². The van der Waals surface area contributed by atoms with Gasteiger partial charge in [-0.15, -0.1) is 4.80 Å². The lowest BCUT2D eigenvalue weighted by Gasteiger charge is -2.27. The number of carbonyl (C=O) groups is 1. The number of aliphatic hydroxyl groups excluding tert-OH is 2. The van der Waals surface area contributed by atoms with Crippen LogP contribution in [-0.4, -0.2) is 66.7 Å². The molecule has 13 nitrogen and oxygen atoms in total. The number of ether oxygens (including phenoxy) is 3. The third kappa shape index (κ3) is 6.74. The second-order valence-corrected chi connectivity index (χ2v) is 12.2. The second-order valence-electron chi connectivity index (χ2n) is 11.2. The van der Waals surface area contributed by atoms with Gasteiger partial charge in [0.1, 0.15) is 45.8 Å². The van der Waals surface area contributed by atoms with Crippen LogP contribution in [0.5, 0.6) is 5.75 Å². The van der Waals surface area contributed by atoms with Crippen molar-refractivity contribution in [1.29, 1.82) is 0 Å². The number of hydrogen-bond acceptors (Lipinski definition) is 11. The molecule has 15 heteroatoms. The Morgan fingerprint density at radius 3 is 2.47 bits per heavy atom. The molecule has 0 aliphatic heterocycles. The molecule has 248 valence electrons. The molecule has 0 bridgehead atoms. The van der Waals surface area contributed by atoms with Crippen molar-refractivity contribution < 1.29 is 33.6 Å². The van der Waals surface area contributed by atoms with Crippen LogP contribution in [-0.2, 0) is 33.0 Å². The summed E-state index contributed by atoms with van der Waals surface area (Å²) in [5, 5.41) is 28.5. The maximum absolute atomic E-state index is 14.6. The summed E-state index contributed by atoms with van der Waals surface area (Å²) in [6.07, 6.45) is 0.527. The SMILES string of the molecule is COc1ccc(F)cc1[C@@H](Cn1c(=O)n(C(C)(C)C(=O)OCc2ccccc2)c(=O)c2c(C)c(-n3nccn3)sc21)OCC(O)CO. The van der Waals surface area contributed by atoms with Gasteiger partial charge in [0.25, 0.3) is 5.56 Å². The highest BCUT2D eigenvalue weighted by molar-refractivity contribution is 7.21. The van der Waals surface area contributed by atoms with E-state index in [4.69, 9.17) is 14.2 Å². The lowest BCUT2D eigenvalue weighted by Crippen LogP contribution is -2.53. The number of esters is 1. The molecule has 0 saturated heterocycles. The summed E-state index contributed by atoms with van der Waals surface area (Å²) in [5.74, 6) is -1.19. The normalized spacial score (nSPS) is 13.1. The summed E-state index contributed by atoms with van der Waals surface area (Å²) in [6.45, 7) is 3.14. The Bertz CT molecular complexity index is 1990. The predicted octanol–water partition coefficient (Wildman–Crippen LogP) is 2.85. The predicted molar refractivity (Wildman–Crippen MR) is 170 cm³/mol. The average molecular weight is 668 g/mol. The molecule has 0 amide bonds. The van der Waals surface area contributed by atoms with Gasteiger partial charge < -0.3 is 24.4 Å². The number of fused-ring (bicyclic) bond motifs is 1. The summed E-state index contributed by atoms with van der Waals surface area (Å²) in [4.78, 5) is 43.8. The molecule has 0 aliphatic carbocycles. The molecule has 5 aromatic rings. The van der Waals surface area contributed by atoms with Crippen LogP contribution in [0.4, 0.5) is 4.39 Å². The number of aromatic nitrogens is 5. The van der Waals surface area contributed by atoms with Gasteiger partial charge in [0.2, 0.25) is 0 Å². The summed E-state index contributed by atoms with van der Waals surface area (Å²) < 4.78 is 33.7. The van der Waals surface area contributed by atoms with Gasteiger partial charge in [0.15, 0.2) is 0 Å². The average Bonchev–Trinajstić information content (AvgIpc) is 3.71. The van der Waals surface area contributed by atoms with E-state index in [0.29, 0.717) is 10.6 Å². The number of hydrogen-bond donors (Lipinski definition) is 2. The van der Waals surface area contributed by atoms with Crippen LogP contribution in [0.3, 0.4) is 0 Å². The fourth-order valence-electron chi connectivity index (χ4n) is 5.13. The number of thiophene rings is 1. The number of benzene rings is 2. The minimum Gasteiger partial charge on any atom is -0.496 e. The molecule has 2 atom stereocenters. The third-order valence-electron chi connectivity index (χ3n) is 7.65. The van der Waals surface area contributed by atoms with Crippen molar-refractivity contribution in [1.82, 2.24) is 24.1 Å². The fourth-order valence-corrected chi connectivity index (χ4v) is 6.35. The van der Waals surface area contributed by atoms with E-state index in [9.17, 15) is 29.0 Å². The molecule has 0 fully saturated rings. The highest BCUT2D eigenvalue weighted by Crippen LogP contribution is 2.34. The van der Waals surface area contributed by atoms with Gasteiger partial charge in [0.05, 0.1) is 44.6 Å². The molecule has 47 heavy (non-hydrogen) atoms. The third-order valence-corrected chi connectivity index (χ3v) is 8.93. The number of halogens is 1. The van der Waals surface area contributed by atoms with Gasteiger partial charge in [-0.3, -0.25) is 9.36 Å². The lowest BCUT2D eigenvalue weighted by molar-refractivity contribution is -0.154. The van der Waals surface area contributed by atoms with Crippen LogP contribution in [0.15, 0.2) is 70.5 Å². The zero-order valence-electron chi connectivity index (χ0n) is 26.1. The van der Waals surface area contributed by atoms with Gasteiger partial charge in [-0.25, -0.2) is 18.5 Å². The second kappa shape index (κ2) is 14.0. The fraction of sp³-hybridized carbons (Fsp3) is 0.344. The maximum Gasteiger partial charge on any atom is 0.333 e. The Balaban J connectivity index is 1.70. The standard InChI is InChI=1S/C32H34FN5O8S/c1-19-26-27(41)37(32(2,3)30(42)46-17-20-8-6-5-7-9-20)31(43)36(29(26)47-28(19)38-34-12-13-35-38)15-25(45-18-22(40)16-39)23-14-21(33)10-11-24(23)44-4/h5-14,22,25,39-40H,15-18H2,1-4H3/t22?,25-/m1/s1. The zero-order valence-corrected chi connectivity index (χ0v) is 26.9. The van der Waals surface area contributed by atoms with Crippen LogP contribution in [0, 0.1) is 12.7 Å². The first-order valence-corrected chi connectivity index (χ1v) is 15.4. The molecule has 2 N–H and O–H groups in total. The first-order chi connectivity index (χ1) is 22.5. The number of aliphatic hydroxyl groups is 2. The maximum atomic E-state index is 14.6. The molecule has 0 spiro atoms. The number of methoxy groups -OCH3 is 1. The van der Waals surface area contributed by atoms with Crippen LogP contribution in [0.25, 0.3) is 15.2 Å². The van der Waals surface area contributed by atoms with Crippen molar-refractivity contribution in [2.75, 3.05) is 20.3 Å². The Hall–Kier alpha value is -4.70. The van der Waals surface area contributed by atoms with E-state index >= 15 is 0 Å². The minimum atomic E-state index is -1.78. The number of carbonyl (C=O) groups excluding carboxylic acids is 1. The van der Waals surface area contributed by atoms with E-state index in [1.165, 1.54) is 60.9 Å². The number of aryl methyl sites for hydroxylation is 1. The molecule has 0 saturated carbocycles. The van der Waals surface area contributed by atoms with Gasteiger partial charge in [-0.2, -0.15) is 10.2 Å². The van der Waals surface area contributed by atoms with Crippen LogP contribution >= 0.6 is 11.3 Å². The zero-order chi connectivity index (χ0) is 33.9. The Morgan fingerprint density at radius 2 is 1.81 bits per heavy atom. The van der Waals surface area contributed by atoms with E-state index in [2.05, 4.69) is 10.2 Å². The molecule has 3 aromatic heterocycles. The molecular weight excluding hydrogens is 633 g/mol. The highest BCUT2D eigenvalue weighted by atomic mass is 32.1. The van der Waals surface area contributed by atoms with Crippen molar-refractivity contribution in [2.24, 2.45) is 0 Å². The molecule has 5 rings (SSSR count). The molecule has 1 unspecified atom stereocenters. The first-order valence-electron chi connectivity index (χ1n) is 14.6. The van der Waals surface area contributed by atoms with E-state index in [0.717, 1.165) is 21.5 Å². The first kappa shape index (κ1) is 33.7. The van der Waals surface area contributed by atoms with E-state index in [1.54, 1.807) is 31.2 Å². The van der Waals surface area contributed by atoms with Crippen LogP contribution in [0.1, 0.15) is 36.6 Å². The Morgan fingerprint density at radius 1 is 1.11 bits per heavy atom. The summed E-state index contributed by atoms with van der Waals surface area (Å²) in [6, 6.07) is 12.7. The van der Waals surface area contributed by atoms with E-state index in [-0.39, 0.29) is 41.3 Å². The number of nitrogens with zero attached hydrogens (tertiary/aromatic N) is 5. The summed E-state index contributed by atoms with van der Waals surface area (Å²) in [7, 11) is 1.39. The molecule has 0 radical (unpaired) electrons. The van der Waals surface area contributed by atoms with Crippen LogP contribution in [0.2, 0.25) is 0 Å². The number of rotatable bonds is 13. The van der Waals surface area contributed by atoms with Gasteiger partial charge in [-0.1, -0.05) is 41.7 Å². The minimum absolute atomic E-state index is 0.0800. The summed E-state index contributed by atoms with van der Waals surface area (Å²) in [5.41, 5.74) is -1.99. The summed E-state index contributed by atoms with van der Waals surface area (Å²) >= 11 is 1.07. The lowest BCUT2D eigenvalue weighted by atomic mass is 10.0. The van der Waals surface area contributed by atoms with Gasteiger partial charge in [0, 0.05) is 11.1 Å². The van der Waals surface area contributed by atoms with E-state index in [1.807, 2.05) is 6.07 Å². The van der Waals surface area contributed by atoms with Gasteiger partial charge in [-0.05, 0) is 44.5 Å². The van der Waals surface area contributed by atoms with Gasteiger partial charge >= 0.3 is 11.7 Å². The molecule has 0 aliphatic rings. The Labute approximate surface area is 272 Å². The quantitative estimate of drug-likeness (QED) is 0.179. The monoisotopic (exact) mass is 667 g/mol. The topological polar surface area (TPSA) is 160 Å². The van der Waals surface area contributed by atoms with Crippen molar-refractivity contribution >= 4 is 27.5 Å². The largest absolute Gasteiger partial charge is 0.496 e. The Kier molecular flexibility index (Phi) is 10.0. The highest BCUT2D eigenvalue weighted by Gasteiger charge is 2.37. The van der Waals surface area contributed by atoms with Crippen molar-refractivity contribution in [3.8, 4) is 10.8 Å². The molecule has 3 heterocycles. The molecule has 2 aromatic carbocycles.